The Morgan fingerprint density at radius 1 is 0.708 bits per heavy atom. The van der Waals surface area contributed by atoms with E-state index in [0.717, 1.165) is 21.9 Å². The van der Waals surface area contributed by atoms with Crippen molar-refractivity contribution < 1.29 is 23.9 Å². The van der Waals surface area contributed by atoms with Gasteiger partial charge in [-0.1, -0.05) is 96.5 Å². The van der Waals surface area contributed by atoms with Crippen LogP contribution in [0.2, 0.25) is 5.02 Å². The molecule has 1 aliphatic heterocycles. The number of unbranched alkanes of at least 4 members (excludes halogenated alkanes) is 1. The lowest BCUT2D eigenvalue weighted by atomic mass is 10.0. The molecule has 2 unspecified atom stereocenters. The summed E-state index contributed by atoms with van der Waals surface area (Å²) in [7, 11) is 0. The fraction of sp³-hybridized carbons (Fsp3) is 0.297. The second-order valence-electron chi connectivity index (χ2n) is 11.7. The SMILES string of the molecule is NCCCC[C@H](NC(=O)C1OC1C(=O)N[C@@H](Cc1ccccc1)C(=O)NCCc1ccccc1)C(=O)Nc1ccc(Cl)c2ccccc12. The number of halogens is 1. The van der Waals surface area contributed by atoms with Crippen LogP contribution in [0, 0.1) is 0 Å². The highest BCUT2D eigenvalue weighted by Crippen LogP contribution is 2.30. The van der Waals surface area contributed by atoms with Crippen molar-refractivity contribution in [3.63, 3.8) is 0 Å². The lowest BCUT2D eigenvalue weighted by Gasteiger charge is -2.19. The first kappa shape index (κ1) is 34.6. The molecule has 1 aliphatic rings. The number of anilines is 1. The van der Waals surface area contributed by atoms with Gasteiger partial charge in [-0.05, 0) is 55.5 Å². The van der Waals surface area contributed by atoms with Gasteiger partial charge in [-0.3, -0.25) is 19.2 Å². The number of benzene rings is 4. The third-order valence-electron chi connectivity index (χ3n) is 8.19. The molecule has 4 aromatic carbocycles. The molecule has 0 saturated carbocycles. The normalized spacial score (nSPS) is 16.4. The Morgan fingerprint density at radius 2 is 1.31 bits per heavy atom. The minimum absolute atomic E-state index is 0.260. The van der Waals surface area contributed by atoms with Gasteiger partial charge in [0.15, 0.2) is 12.2 Å². The van der Waals surface area contributed by atoms with E-state index < -0.39 is 42.0 Å². The van der Waals surface area contributed by atoms with Gasteiger partial charge < -0.3 is 31.7 Å². The lowest BCUT2D eigenvalue weighted by Crippen LogP contribution is -2.50. The molecule has 10 nitrogen and oxygen atoms in total. The van der Waals surface area contributed by atoms with E-state index in [9.17, 15) is 19.2 Å². The number of amides is 4. The van der Waals surface area contributed by atoms with Crippen LogP contribution in [0.25, 0.3) is 10.8 Å². The molecular weight excluding hydrogens is 630 g/mol. The molecule has 48 heavy (non-hydrogen) atoms. The quantitative estimate of drug-likeness (QED) is 0.0901. The van der Waals surface area contributed by atoms with Crippen LogP contribution in [0.1, 0.15) is 30.4 Å². The van der Waals surface area contributed by atoms with Crippen molar-refractivity contribution in [2.24, 2.45) is 5.73 Å². The number of ether oxygens (including phenoxy) is 1. The maximum Gasteiger partial charge on any atom is 0.253 e. The summed E-state index contributed by atoms with van der Waals surface area (Å²) in [5.74, 6) is -1.91. The van der Waals surface area contributed by atoms with Gasteiger partial charge in [0.1, 0.15) is 12.1 Å². The van der Waals surface area contributed by atoms with Crippen molar-refractivity contribution in [3.05, 3.63) is 113 Å². The standard InChI is InChI=1S/C37H40ClN5O5/c38-28-18-19-29(27-16-8-7-15-26(27)28)41-35(45)30(17-9-10-21-39)42-36(46)32-33(48-32)37(47)43-31(23-25-13-5-2-6-14-25)34(44)40-22-20-24-11-3-1-4-12-24/h1-8,11-16,18-19,30-33H,9-10,17,20-23,39H2,(H,40,44)(H,41,45)(H,42,46)(H,43,47)/t30-,31-,32?,33?/m0/s1. The summed E-state index contributed by atoms with van der Waals surface area (Å²) in [6.45, 7) is 0.844. The van der Waals surface area contributed by atoms with Crippen LogP contribution in [0.4, 0.5) is 5.69 Å². The predicted octanol–water partition coefficient (Wildman–Crippen LogP) is 3.90. The molecule has 0 aromatic heterocycles. The molecule has 6 N–H and O–H groups in total. The molecule has 1 heterocycles. The zero-order valence-electron chi connectivity index (χ0n) is 26.5. The smallest absolute Gasteiger partial charge is 0.253 e. The minimum atomic E-state index is -1.09. The summed E-state index contributed by atoms with van der Waals surface area (Å²) in [6, 6.07) is 28.2. The summed E-state index contributed by atoms with van der Waals surface area (Å²) in [6.07, 6.45) is 0.332. The van der Waals surface area contributed by atoms with Crippen LogP contribution in [-0.4, -0.2) is 61.0 Å². The third kappa shape index (κ3) is 9.41. The van der Waals surface area contributed by atoms with Crippen molar-refractivity contribution in [2.75, 3.05) is 18.4 Å². The molecular formula is C37H40ClN5O5. The lowest BCUT2D eigenvalue weighted by molar-refractivity contribution is -0.129. The number of carbonyl (C=O) groups is 4. The fourth-order valence-corrected chi connectivity index (χ4v) is 5.76. The van der Waals surface area contributed by atoms with E-state index in [4.69, 9.17) is 22.1 Å². The number of nitrogens with two attached hydrogens (primary N) is 1. The maximum atomic E-state index is 13.4. The van der Waals surface area contributed by atoms with E-state index in [0.29, 0.717) is 49.5 Å². The number of hydrogen-bond acceptors (Lipinski definition) is 6. The van der Waals surface area contributed by atoms with Gasteiger partial charge in [-0.2, -0.15) is 0 Å². The van der Waals surface area contributed by atoms with E-state index in [-0.39, 0.29) is 12.3 Å². The highest BCUT2D eigenvalue weighted by Gasteiger charge is 2.51. The van der Waals surface area contributed by atoms with Gasteiger partial charge in [-0.25, -0.2) is 0 Å². The van der Waals surface area contributed by atoms with Gasteiger partial charge in [0.2, 0.25) is 11.8 Å². The molecule has 4 amide bonds. The largest absolute Gasteiger partial charge is 0.354 e. The van der Waals surface area contributed by atoms with Crippen molar-refractivity contribution in [1.29, 1.82) is 0 Å². The van der Waals surface area contributed by atoms with Crippen molar-refractivity contribution in [2.45, 2.75) is 56.4 Å². The second kappa shape index (κ2) is 16.9. The first-order chi connectivity index (χ1) is 23.3. The highest BCUT2D eigenvalue weighted by molar-refractivity contribution is 6.36. The van der Waals surface area contributed by atoms with Crippen LogP contribution >= 0.6 is 11.6 Å². The van der Waals surface area contributed by atoms with Gasteiger partial charge in [-0.15, -0.1) is 0 Å². The average molecular weight is 670 g/mol. The molecule has 5 rings (SSSR count). The molecule has 0 spiro atoms. The molecule has 0 bridgehead atoms. The van der Waals surface area contributed by atoms with Crippen LogP contribution in [0.5, 0.6) is 0 Å². The first-order valence-corrected chi connectivity index (χ1v) is 16.5. The fourth-order valence-electron chi connectivity index (χ4n) is 5.53. The van der Waals surface area contributed by atoms with Gasteiger partial charge in [0.05, 0.1) is 0 Å². The van der Waals surface area contributed by atoms with E-state index in [1.807, 2.05) is 84.9 Å². The van der Waals surface area contributed by atoms with E-state index in [1.165, 1.54) is 0 Å². The summed E-state index contributed by atoms with van der Waals surface area (Å²) in [4.78, 5) is 53.2. The molecule has 0 radical (unpaired) electrons. The number of hydrogen-bond donors (Lipinski definition) is 5. The third-order valence-corrected chi connectivity index (χ3v) is 8.52. The Labute approximate surface area is 284 Å². The minimum Gasteiger partial charge on any atom is -0.354 e. The van der Waals surface area contributed by atoms with Crippen LogP contribution in [-0.2, 0) is 36.8 Å². The Bertz CT molecular complexity index is 1720. The van der Waals surface area contributed by atoms with E-state index in [2.05, 4.69) is 21.3 Å². The number of fused-ring (bicyclic) bond motifs is 1. The van der Waals surface area contributed by atoms with E-state index in [1.54, 1.807) is 12.1 Å². The molecule has 1 saturated heterocycles. The molecule has 4 aromatic rings. The second-order valence-corrected chi connectivity index (χ2v) is 12.1. The van der Waals surface area contributed by atoms with Gasteiger partial charge in [0, 0.05) is 34.4 Å². The Balaban J connectivity index is 1.20. The molecule has 0 aliphatic carbocycles. The van der Waals surface area contributed by atoms with Crippen molar-refractivity contribution in [1.82, 2.24) is 16.0 Å². The topological polar surface area (TPSA) is 155 Å². The summed E-state index contributed by atoms with van der Waals surface area (Å²) in [5.41, 5.74) is 8.18. The number of nitrogens with one attached hydrogen (secondary N) is 4. The van der Waals surface area contributed by atoms with Crippen molar-refractivity contribution in [3.8, 4) is 0 Å². The van der Waals surface area contributed by atoms with E-state index >= 15 is 0 Å². The van der Waals surface area contributed by atoms with Crippen LogP contribution < -0.4 is 27.0 Å². The summed E-state index contributed by atoms with van der Waals surface area (Å²) in [5, 5.41) is 13.5. The number of epoxide rings is 1. The first-order valence-electron chi connectivity index (χ1n) is 16.1. The highest BCUT2D eigenvalue weighted by atomic mass is 35.5. The number of carbonyl (C=O) groups excluding carboxylic acids is 4. The Morgan fingerprint density at radius 3 is 1.98 bits per heavy atom. The Hall–Kier alpha value is -4.77. The predicted molar refractivity (Wildman–Crippen MR) is 186 cm³/mol. The zero-order chi connectivity index (χ0) is 33.9. The summed E-state index contributed by atoms with van der Waals surface area (Å²) >= 11 is 6.35. The molecule has 4 atom stereocenters. The summed E-state index contributed by atoms with van der Waals surface area (Å²) < 4.78 is 5.48. The molecule has 1 fully saturated rings. The monoisotopic (exact) mass is 669 g/mol. The van der Waals surface area contributed by atoms with Crippen LogP contribution in [0.15, 0.2) is 97.1 Å². The zero-order valence-corrected chi connectivity index (χ0v) is 27.2. The number of rotatable bonds is 16. The molecule has 11 heteroatoms. The Kier molecular flexibility index (Phi) is 12.1. The average Bonchev–Trinajstić information content (AvgIpc) is 3.91. The van der Waals surface area contributed by atoms with Gasteiger partial charge >= 0.3 is 0 Å². The molecule has 250 valence electrons. The van der Waals surface area contributed by atoms with Crippen LogP contribution in [0.3, 0.4) is 0 Å². The van der Waals surface area contributed by atoms with Crippen molar-refractivity contribution >= 4 is 51.7 Å². The maximum absolute atomic E-state index is 13.4. The van der Waals surface area contributed by atoms with Gasteiger partial charge in [0.25, 0.3) is 11.8 Å².